The number of amides is 1. The highest BCUT2D eigenvalue weighted by molar-refractivity contribution is 5.82. The summed E-state index contributed by atoms with van der Waals surface area (Å²) in [4.78, 5) is 20.0. The minimum Gasteiger partial charge on any atom is -0.369 e. The molecular weight excluding hydrogens is 218 g/mol. The molecule has 0 aromatic carbocycles. The van der Waals surface area contributed by atoms with Gasteiger partial charge < -0.3 is 11.1 Å². The normalized spacial score (nSPS) is 10.7. The molecule has 3 N–H and O–H groups in total. The van der Waals surface area contributed by atoms with Gasteiger partial charge in [-0.2, -0.15) is 0 Å². The number of imidazole rings is 1. The Kier molecular flexibility index (Phi) is 2.95. The SMILES string of the molecule is CCNC(=O)Cn1c(N)nc2c(C)ccnc21. The molecule has 0 radical (unpaired) electrons. The van der Waals surface area contributed by atoms with E-state index < -0.39 is 0 Å². The number of aryl methyl sites for hydroxylation is 1. The lowest BCUT2D eigenvalue weighted by atomic mass is 10.3. The number of carbonyl (C=O) groups is 1. The Morgan fingerprint density at radius 1 is 1.59 bits per heavy atom. The summed E-state index contributed by atoms with van der Waals surface area (Å²) in [6.45, 7) is 4.55. The van der Waals surface area contributed by atoms with Crippen LogP contribution in [0, 0.1) is 6.92 Å². The number of anilines is 1. The van der Waals surface area contributed by atoms with Crippen LogP contribution in [0.3, 0.4) is 0 Å². The zero-order chi connectivity index (χ0) is 12.4. The number of nitrogen functional groups attached to an aromatic ring is 1. The molecule has 0 aliphatic carbocycles. The van der Waals surface area contributed by atoms with E-state index in [2.05, 4.69) is 15.3 Å². The molecule has 0 atom stereocenters. The summed E-state index contributed by atoms with van der Waals surface area (Å²) in [6.07, 6.45) is 1.69. The summed E-state index contributed by atoms with van der Waals surface area (Å²) in [5, 5.41) is 2.72. The average molecular weight is 233 g/mol. The molecule has 2 rings (SSSR count). The Labute approximate surface area is 98.8 Å². The molecule has 2 aromatic rings. The third kappa shape index (κ3) is 2.06. The molecule has 17 heavy (non-hydrogen) atoms. The van der Waals surface area contributed by atoms with E-state index in [9.17, 15) is 4.79 Å². The van der Waals surface area contributed by atoms with Crippen LogP contribution in [-0.2, 0) is 11.3 Å². The molecule has 0 saturated heterocycles. The molecule has 2 aromatic heterocycles. The molecule has 0 spiro atoms. The van der Waals surface area contributed by atoms with E-state index in [0.29, 0.717) is 18.1 Å². The van der Waals surface area contributed by atoms with E-state index in [1.54, 1.807) is 10.8 Å². The van der Waals surface area contributed by atoms with Gasteiger partial charge in [-0.3, -0.25) is 9.36 Å². The quantitative estimate of drug-likeness (QED) is 0.806. The molecule has 6 heteroatoms. The summed E-state index contributed by atoms with van der Waals surface area (Å²) in [7, 11) is 0. The van der Waals surface area contributed by atoms with Gasteiger partial charge in [-0.05, 0) is 25.5 Å². The van der Waals surface area contributed by atoms with Crippen LogP contribution in [0.4, 0.5) is 5.95 Å². The van der Waals surface area contributed by atoms with E-state index in [1.807, 2.05) is 19.9 Å². The first-order valence-electron chi connectivity index (χ1n) is 5.47. The van der Waals surface area contributed by atoms with Crippen LogP contribution in [0.5, 0.6) is 0 Å². The number of carbonyl (C=O) groups excluding carboxylic acids is 1. The van der Waals surface area contributed by atoms with Crippen molar-refractivity contribution in [2.45, 2.75) is 20.4 Å². The van der Waals surface area contributed by atoms with Crippen LogP contribution < -0.4 is 11.1 Å². The standard InChI is InChI=1S/C11H15N5O/c1-3-13-8(17)6-16-10-9(15-11(16)12)7(2)4-5-14-10/h4-5H,3,6H2,1-2H3,(H2,12,15)(H,13,17). The summed E-state index contributed by atoms with van der Waals surface area (Å²) in [5.74, 6) is 0.217. The Bertz CT molecular complexity index is 560. The van der Waals surface area contributed by atoms with Crippen LogP contribution in [0.2, 0.25) is 0 Å². The van der Waals surface area contributed by atoms with Crippen molar-refractivity contribution >= 4 is 23.0 Å². The van der Waals surface area contributed by atoms with Gasteiger partial charge in [-0.15, -0.1) is 0 Å². The van der Waals surface area contributed by atoms with Crippen LogP contribution in [0.15, 0.2) is 12.3 Å². The zero-order valence-corrected chi connectivity index (χ0v) is 9.90. The molecule has 0 aliphatic rings. The maximum atomic E-state index is 11.5. The van der Waals surface area contributed by atoms with Gasteiger partial charge in [-0.25, -0.2) is 9.97 Å². The number of rotatable bonds is 3. The van der Waals surface area contributed by atoms with E-state index in [-0.39, 0.29) is 12.5 Å². The summed E-state index contributed by atoms with van der Waals surface area (Å²) in [6, 6.07) is 1.87. The molecule has 0 aliphatic heterocycles. The van der Waals surface area contributed by atoms with Crippen molar-refractivity contribution in [1.29, 1.82) is 0 Å². The van der Waals surface area contributed by atoms with Gasteiger partial charge in [0, 0.05) is 12.7 Å². The van der Waals surface area contributed by atoms with Crippen molar-refractivity contribution in [3.63, 3.8) is 0 Å². The number of fused-ring (bicyclic) bond motifs is 1. The number of nitrogens with zero attached hydrogens (tertiary/aromatic N) is 3. The highest BCUT2D eigenvalue weighted by Crippen LogP contribution is 2.18. The molecule has 2 heterocycles. The van der Waals surface area contributed by atoms with Crippen molar-refractivity contribution in [3.8, 4) is 0 Å². The number of nitrogens with one attached hydrogen (secondary N) is 1. The molecule has 1 amide bonds. The molecule has 0 saturated carbocycles. The maximum absolute atomic E-state index is 11.5. The first-order valence-corrected chi connectivity index (χ1v) is 5.47. The Morgan fingerprint density at radius 2 is 2.35 bits per heavy atom. The van der Waals surface area contributed by atoms with Gasteiger partial charge in [-0.1, -0.05) is 0 Å². The fourth-order valence-electron chi connectivity index (χ4n) is 1.71. The number of nitrogens with two attached hydrogens (primary N) is 1. The topological polar surface area (TPSA) is 85.8 Å². The summed E-state index contributed by atoms with van der Waals surface area (Å²) in [5.41, 5.74) is 8.19. The summed E-state index contributed by atoms with van der Waals surface area (Å²) >= 11 is 0. The van der Waals surface area contributed by atoms with Crippen LogP contribution in [-0.4, -0.2) is 27.0 Å². The first kappa shape index (κ1) is 11.4. The minimum absolute atomic E-state index is 0.0955. The third-order valence-corrected chi connectivity index (χ3v) is 2.54. The molecule has 0 fully saturated rings. The van der Waals surface area contributed by atoms with Crippen molar-refractivity contribution in [1.82, 2.24) is 19.9 Å². The number of hydrogen-bond acceptors (Lipinski definition) is 4. The second-order valence-corrected chi connectivity index (χ2v) is 3.81. The van der Waals surface area contributed by atoms with Gasteiger partial charge in [0.1, 0.15) is 12.1 Å². The molecule has 0 bridgehead atoms. The minimum atomic E-state index is -0.0955. The van der Waals surface area contributed by atoms with Gasteiger partial charge in [0.15, 0.2) is 5.65 Å². The molecule has 0 unspecified atom stereocenters. The fourth-order valence-corrected chi connectivity index (χ4v) is 1.71. The van der Waals surface area contributed by atoms with Crippen molar-refractivity contribution in [2.75, 3.05) is 12.3 Å². The van der Waals surface area contributed by atoms with E-state index in [0.717, 1.165) is 11.1 Å². The predicted molar refractivity (Wildman–Crippen MR) is 65.4 cm³/mol. The van der Waals surface area contributed by atoms with Gasteiger partial charge in [0.2, 0.25) is 11.9 Å². The van der Waals surface area contributed by atoms with E-state index in [1.165, 1.54) is 0 Å². The number of aromatic nitrogens is 3. The van der Waals surface area contributed by atoms with Gasteiger partial charge in [0.05, 0.1) is 0 Å². The van der Waals surface area contributed by atoms with Gasteiger partial charge in [0.25, 0.3) is 0 Å². The zero-order valence-electron chi connectivity index (χ0n) is 9.90. The average Bonchev–Trinajstić information content (AvgIpc) is 2.58. The second kappa shape index (κ2) is 4.40. The van der Waals surface area contributed by atoms with E-state index >= 15 is 0 Å². The third-order valence-electron chi connectivity index (χ3n) is 2.54. The smallest absolute Gasteiger partial charge is 0.240 e. The monoisotopic (exact) mass is 233 g/mol. The van der Waals surface area contributed by atoms with Crippen LogP contribution >= 0.6 is 0 Å². The van der Waals surface area contributed by atoms with Crippen LogP contribution in [0.1, 0.15) is 12.5 Å². The van der Waals surface area contributed by atoms with Crippen molar-refractivity contribution in [3.05, 3.63) is 17.8 Å². The lowest BCUT2D eigenvalue weighted by Gasteiger charge is -2.05. The second-order valence-electron chi connectivity index (χ2n) is 3.81. The predicted octanol–water partition coefficient (Wildman–Crippen LogP) is 0.458. The largest absolute Gasteiger partial charge is 0.369 e. The number of likely N-dealkylation sites (N-methyl/N-ethyl adjacent to an activating group) is 1. The Hall–Kier alpha value is -2.11. The highest BCUT2D eigenvalue weighted by Gasteiger charge is 2.13. The molecular formula is C11H15N5O. The summed E-state index contributed by atoms with van der Waals surface area (Å²) < 4.78 is 1.62. The lowest BCUT2D eigenvalue weighted by molar-refractivity contribution is -0.121. The molecule has 90 valence electrons. The highest BCUT2D eigenvalue weighted by atomic mass is 16.1. The first-order chi connectivity index (χ1) is 8.13. The Morgan fingerprint density at radius 3 is 3.06 bits per heavy atom. The number of pyridine rings is 1. The number of hydrogen-bond donors (Lipinski definition) is 2. The van der Waals surface area contributed by atoms with E-state index in [4.69, 9.17) is 5.73 Å². The van der Waals surface area contributed by atoms with Gasteiger partial charge >= 0.3 is 0 Å². The van der Waals surface area contributed by atoms with Crippen molar-refractivity contribution < 1.29 is 4.79 Å². The lowest BCUT2D eigenvalue weighted by Crippen LogP contribution is -2.27. The Balaban J connectivity index is 2.43. The maximum Gasteiger partial charge on any atom is 0.240 e. The fraction of sp³-hybridized carbons (Fsp3) is 0.364. The van der Waals surface area contributed by atoms with Crippen molar-refractivity contribution in [2.24, 2.45) is 0 Å². The molecule has 6 nitrogen and oxygen atoms in total. The van der Waals surface area contributed by atoms with Crippen LogP contribution in [0.25, 0.3) is 11.2 Å².